The molecule has 0 aliphatic heterocycles. The van der Waals surface area contributed by atoms with E-state index in [-0.39, 0.29) is 12.5 Å². The second-order valence-electron chi connectivity index (χ2n) is 9.52. The van der Waals surface area contributed by atoms with Crippen molar-refractivity contribution < 1.29 is 19.4 Å². The molecule has 3 N–H and O–H groups in total. The van der Waals surface area contributed by atoms with E-state index in [1.807, 2.05) is 30.3 Å². The van der Waals surface area contributed by atoms with Gasteiger partial charge in [0, 0.05) is 27.9 Å². The molecule has 0 aliphatic carbocycles. The summed E-state index contributed by atoms with van der Waals surface area (Å²) in [5.74, 6) is -0.374. The Labute approximate surface area is 257 Å². The number of aliphatic hydroxyl groups excluding tert-OH is 1. The van der Waals surface area contributed by atoms with Crippen LogP contribution < -0.4 is 10.6 Å². The van der Waals surface area contributed by atoms with Crippen LogP contribution in [0, 0.1) is 0 Å². The number of ether oxygens (including phenoxy) is 1. The lowest BCUT2D eigenvalue weighted by molar-refractivity contribution is -0.117. The summed E-state index contributed by atoms with van der Waals surface area (Å²) in [5, 5.41) is 36.1. The van der Waals surface area contributed by atoms with Gasteiger partial charge < -0.3 is 15.2 Å². The number of halogens is 1. The predicted molar refractivity (Wildman–Crippen MR) is 164 cm³/mol. The van der Waals surface area contributed by atoms with Gasteiger partial charge >= 0.3 is 6.09 Å². The molecule has 2 heterocycles. The fourth-order valence-electron chi connectivity index (χ4n) is 4.47. The van der Waals surface area contributed by atoms with Gasteiger partial charge in [-0.15, -0.1) is 5.10 Å². The number of carbonyl (C=O) groups excluding carboxylic acids is 2. The first-order valence-electron chi connectivity index (χ1n) is 13.4. The summed E-state index contributed by atoms with van der Waals surface area (Å²) in [6, 6.07) is 23.1. The van der Waals surface area contributed by atoms with Crippen LogP contribution in [0.4, 0.5) is 10.5 Å². The van der Waals surface area contributed by atoms with E-state index < -0.39 is 12.1 Å². The third kappa shape index (κ3) is 7.48. The van der Waals surface area contributed by atoms with Gasteiger partial charge in [0.15, 0.2) is 0 Å². The van der Waals surface area contributed by atoms with E-state index in [1.165, 1.54) is 24.2 Å². The highest BCUT2D eigenvalue weighted by molar-refractivity contribution is 6.30. The number of methoxy groups -OCH3 is 1. The van der Waals surface area contributed by atoms with E-state index in [4.69, 9.17) is 11.6 Å². The normalized spacial score (nSPS) is 11.7. The van der Waals surface area contributed by atoms with E-state index >= 15 is 0 Å². The Morgan fingerprint density at radius 3 is 2.55 bits per heavy atom. The Balaban J connectivity index is 1.44. The molecule has 5 aromatic rings. The van der Waals surface area contributed by atoms with Crippen LogP contribution in [-0.4, -0.2) is 54.6 Å². The zero-order valence-corrected chi connectivity index (χ0v) is 24.2. The van der Waals surface area contributed by atoms with Crippen LogP contribution in [0.3, 0.4) is 0 Å². The monoisotopic (exact) mass is 610 g/mol. The van der Waals surface area contributed by atoms with E-state index in [9.17, 15) is 14.7 Å². The van der Waals surface area contributed by atoms with Gasteiger partial charge in [0.2, 0.25) is 5.91 Å². The predicted octanol–water partition coefficient (Wildman–Crippen LogP) is 4.56. The Morgan fingerprint density at radius 1 is 1.05 bits per heavy atom. The summed E-state index contributed by atoms with van der Waals surface area (Å²) in [6.45, 7) is -0.341. The number of nitrogens with one attached hydrogen (secondary N) is 2. The van der Waals surface area contributed by atoms with Gasteiger partial charge in [-0.05, 0) is 70.4 Å². The Morgan fingerprint density at radius 2 is 1.84 bits per heavy atom. The fraction of sp³-hybridized carbons (Fsp3) is 0.129. The largest absolute Gasteiger partial charge is 0.453 e. The lowest BCUT2D eigenvalue weighted by Gasteiger charge is -2.19. The summed E-state index contributed by atoms with van der Waals surface area (Å²) >= 11 is 6.22. The number of hydrogen-bond donors (Lipinski definition) is 3. The molecule has 0 radical (unpaired) electrons. The van der Waals surface area contributed by atoms with Gasteiger partial charge in [-0.25, -0.2) is 4.79 Å². The molecule has 0 fully saturated rings. The molecule has 5 rings (SSSR count). The number of hydrogen-bond acceptors (Lipinski definition) is 9. The minimum atomic E-state index is -0.586. The first-order chi connectivity index (χ1) is 21.4. The Hall–Kier alpha value is -5.46. The number of aliphatic hydroxyl groups is 1. The minimum Gasteiger partial charge on any atom is -0.453 e. The molecule has 2 aromatic heterocycles. The van der Waals surface area contributed by atoms with Crippen LogP contribution in [0.2, 0.25) is 5.02 Å². The van der Waals surface area contributed by atoms with Crippen molar-refractivity contribution in [2.75, 3.05) is 12.4 Å². The molecule has 44 heavy (non-hydrogen) atoms. The fourth-order valence-corrected chi connectivity index (χ4v) is 4.66. The van der Waals surface area contributed by atoms with Crippen molar-refractivity contribution in [1.82, 2.24) is 35.7 Å². The minimum absolute atomic E-state index is 0.341. The number of nitrogens with zero attached hydrogens (tertiary/aromatic N) is 6. The average molecular weight is 611 g/mol. The van der Waals surface area contributed by atoms with Crippen molar-refractivity contribution in [2.24, 2.45) is 0 Å². The summed E-state index contributed by atoms with van der Waals surface area (Å²) in [6.07, 6.45) is 4.33. The van der Waals surface area contributed by atoms with Gasteiger partial charge in [-0.3, -0.25) is 10.1 Å². The van der Waals surface area contributed by atoms with Crippen molar-refractivity contribution in [1.29, 1.82) is 0 Å². The zero-order valence-electron chi connectivity index (χ0n) is 23.5. The number of anilines is 1. The number of amides is 2. The second-order valence-corrected chi connectivity index (χ2v) is 9.96. The molecule has 1 atom stereocenters. The van der Waals surface area contributed by atoms with Crippen molar-refractivity contribution in [3.63, 3.8) is 0 Å². The van der Waals surface area contributed by atoms with Crippen molar-refractivity contribution in [2.45, 2.75) is 19.1 Å². The molecule has 0 aliphatic rings. The number of benzene rings is 3. The Bertz CT molecular complexity index is 1760. The number of rotatable bonds is 10. The highest BCUT2D eigenvalue weighted by Gasteiger charge is 2.20. The molecular weight excluding hydrogens is 584 g/mol. The van der Waals surface area contributed by atoms with Crippen LogP contribution in [0.5, 0.6) is 0 Å². The van der Waals surface area contributed by atoms with Crippen LogP contribution in [0.15, 0.2) is 91.3 Å². The van der Waals surface area contributed by atoms with Crippen LogP contribution >= 0.6 is 11.6 Å². The highest BCUT2D eigenvalue weighted by atomic mass is 35.5. The van der Waals surface area contributed by atoms with Crippen molar-refractivity contribution in [3.05, 3.63) is 119 Å². The third-order valence-electron chi connectivity index (χ3n) is 6.62. The highest BCUT2D eigenvalue weighted by Crippen LogP contribution is 2.28. The maximum atomic E-state index is 13.3. The molecule has 0 saturated carbocycles. The van der Waals surface area contributed by atoms with Crippen LogP contribution in [0.1, 0.15) is 28.6 Å². The summed E-state index contributed by atoms with van der Waals surface area (Å²) in [5.41, 5.74) is 5.03. The molecule has 222 valence electrons. The molecule has 0 bridgehead atoms. The smallest absolute Gasteiger partial charge is 0.411 e. The number of aromatic nitrogens is 6. The topological polar surface area (TPSA) is 157 Å². The molecule has 0 unspecified atom stereocenters. The van der Waals surface area contributed by atoms with Crippen LogP contribution in [0.25, 0.3) is 22.9 Å². The van der Waals surface area contributed by atoms with Gasteiger partial charge in [0.25, 0.3) is 0 Å². The van der Waals surface area contributed by atoms with Gasteiger partial charge in [-0.2, -0.15) is 14.9 Å². The van der Waals surface area contributed by atoms with Crippen LogP contribution in [-0.2, 0) is 22.6 Å². The zero-order chi connectivity index (χ0) is 30.9. The molecular formula is C31H27ClN8O4. The van der Waals surface area contributed by atoms with Gasteiger partial charge in [0.05, 0.1) is 36.8 Å². The maximum Gasteiger partial charge on any atom is 0.411 e. The van der Waals surface area contributed by atoms with Crippen molar-refractivity contribution >= 4 is 35.4 Å². The summed E-state index contributed by atoms with van der Waals surface area (Å²) < 4.78 is 6.12. The lowest BCUT2D eigenvalue weighted by Crippen LogP contribution is -2.29. The van der Waals surface area contributed by atoms with E-state index in [0.29, 0.717) is 45.3 Å². The van der Waals surface area contributed by atoms with Gasteiger partial charge in [-0.1, -0.05) is 54.1 Å². The molecule has 12 nitrogen and oxygen atoms in total. The molecule has 13 heteroatoms. The SMILES string of the molecule is COC(=O)Nc1ccc(-c2cc([C@H](Cc3ccccc3)NC(=O)/C=C/c3cc(Cl)ccc3-n3cnnn3)nnc2CO)cc1. The first kappa shape index (κ1) is 30.0. The quantitative estimate of drug-likeness (QED) is 0.193. The Kier molecular flexibility index (Phi) is 9.64. The molecule has 0 saturated heterocycles. The average Bonchev–Trinajstić information content (AvgIpc) is 3.59. The second kappa shape index (κ2) is 14.1. The van der Waals surface area contributed by atoms with Crippen molar-refractivity contribution in [3.8, 4) is 16.8 Å². The van der Waals surface area contributed by atoms with Gasteiger partial charge in [0.1, 0.15) is 6.33 Å². The number of carbonyl (C=O) groups is 2. The maximum absolute atomic E-state index is 13.3. The lowest BCUT2D eigenvalue weighted by atomic mass is 9.98. The summed E-state index contributed by atoms with van der Waals surface area (Å²) in [4.78, 5) is 24.9. The standard InChI is InChI=1S/C31H27ClN8O4/c1-44-31(43)34-24-11-7-21(8-12-24)25-17-27(36-37-28(25)18-41)26(15-20-5-3-2-4-6-20)35-30(42)14-9-22-16-23(32)10-13-29(22)40-19-33-38-39-40/h2-14,16-17,19,26,41H,15,18H2,1H3,(H,34,43)(H,35,42)/b14-9+/t26-/m0/s1. The number of tetrazole rings is 1. The van der Waals surface area contributed by atoms with E-state index in [0.717, 1.165) is 11.1 Å². The van der Waals surface area contributed by atoms with E-state index in [2.05, 4.69) is 41.1 Å². The molecule has 2 amide bonds. The summed E-state index contributed by atoms with van der Waals surface area (Å²) in [7, 11) is 1.28. The molecule has 3 aromatic carbocycles. The first-order valence-corrected chi connectivity index (χ1v) is 13.8. The molecule has 0 spiro atoms. The van der Waals surface area contributed by atoms with E-state index in [1.54, 1.807) is 54.6 Å². The third-order valence-corrected chi connectivity index (χ3v) is 6.86.